The van der Waals surface area contributed by atoms with Gasteiger partial charge >= 0.3 is 0 Å². The molecule has 8 nitrogen and oxygen atoms in total. The summed E-state index contributed by atoms with van der Waals surface area (Å²) >= 11 is 5.94. The number of carbonyl (C=O) groups excluding carboxylic acids is 1. The first-order chi connectivity index (χ1) is 16.2. The molecule has 1 fully saturated rings. The quantitative estimate of drug-likeness (QED) is 0.416. The predicted octanol–water partition coefficient (Wildman–Crippen LogP) is 4.52. The van der Waals surface area contributed by atoms with E-state index in [-0.39, 0.29) is 5.91 Å². The van der Waals surface area contributed by atoms with Gasteiger partial charge in [-0.1, -0.05) is 46.9 Å². The molecule has 0 aliphatic carbocycles. The SMILES string of the molecule is O=C(CCn1nnc2cc(-c3noc(Cc4ccc(Cl)cc4)n3)ccc21)N1CCCCCC1. The summed E-state index contributed by atoms with van der Waals surface area (Å²) in [5.41, 5.74) is 3.47. The summed E-state index contributed by atoms with van der Waals surface area (Å²) in [4.78, 5) is 19.1. The Labute approximate surface area is 196 Å². The number of nitrogens with zero attached hydrogens (tertiary/aromatic N) is 6. The number of aromatic nitrogens is 5. The summed E-state index contributed by atoms with van der Waals surface area (Å²) in [6.07, 6.45) is 5.58. The molecule has 1 amide bonds. The van der Waals surface area contributed by atoms with Crippen LogP contribution in [0.1, 0.15) is 43.6 Å². The molecule has 0 radical (unpaired) electrons. The maximum Gasteiger partial charge on any atom is 0.231 e. The summed E-state index contributed by atoms with van der Waals surface area (Å²) < 4.78 is 7.21. The van der Waals surface area contributed by atoms with Crippen LogP contribution in [0.25, 0.3) is 22.4 Å². The van der Waals surface area contributed by atoms with Crippen LogP contribution in [-0.2, 0) is 17.8 Å². The molecule has 3 heterocycles. The number of hydrogen-bond acceptors (Lipinski definition) is 6. The van der Waals surface area contributed by atoms with Gasteiger partial charge in [0.1, 0.15) is 5.52 Å². The van der Waals surface area contributed by atoms with Crippen LogP contribution in [0, 0.1) is 0 Å². The van der Waals surface area contributed by atoms with Crippen molar-refractivity contribution < 1.29 is 9.32 Å². The number of rotatable bonds is 6. The van der Waals surface area contributed by atoms with Gasteiger partial charge in [-0.05, 0) is 48.7 Å². The second-order valence-corrected chi connectivity index (χ2v) is 8.81. The minimum absolute atomic E-state index is 0.192. The normalized spacial score (nSPS) is 14.5. The zero-order valence-corrected chi connectivity index (χ0v) is 19.0. The Hall–Kier alpha value is -3.26. The first-order valence-corrected chi connectivity index (χ1v) is 11.7. The third-order valence-corrected chi connectivity index (χ3v) is 6.26. The first kappa shape index (κ1) is 21.6. The van der Waals surface area contributed by atoms with Crippen LogP contribution in [0.3, 0.4) is 0 Å². The summed E-state index contributed by atoms with van der Waals surface area (Å²) in [5, 5.41) is 13.3. The molecular weight excluding hydrogens is 440 g/mol. The molecule has 5 rings (SSSR count). The van der Waals surface area contributed by atoms with Crippen LogP contribution >= 0.6 is 11.6 Å². The van der Waals surface area contributed by atoms with Gasteiger partial charge in [0.05, 0.1) is 18.5 Å². The number of likely N-dealkylation sites (tertiary alicyclic amines) is 1. The summed E-state index contributed by atoms with van der Waals surface area (Å²) in [5.74, 6) is 1.23. The highest BCUT2D eigenvalue weighted by Gasteiger charge is 2.17. The van der Waals surface area contributed by atoms with Crippen molar-refractivity contribution in [3.8, 4) is 11.4 Å². The smallest absolute Gasteiger partial charge is 0.231 e. The maximum atomic E-state index is 12.6. The van der Waals surface area contributed by atoms with Crippen molar-refractivity contribution in [3.63, 3.8) is 0 Å². The topological polar surface area (TPSA) is 89.9 Å². The maximum absolute atomic E-state index is 12.6. The van der Waals surface area contributed by atoms with Gasteiger partial charge in [0.2, 0.25) is 17.6 Å². The molecule has 0 unspecified atom stereocenters. The van der Waals surface area contributed by atoms with E-state index >= 15 is 0 Å². The van der Waals surface area contributed by atoms with Crippen molar-refractivity contribution in [1.29, 1.82) is 0 Å². The fraction of sp³-hybridized carbons (Fsp3) is 0.375. The van der Waals surface area contributed by atoms with Gasteiger partial charge < -0.3 is 9.42 Å². The standard InChI is InChI=1S/C24H25ClN6O2/c25-19-8-5-17(6-9-19)15-22-26-24(28-33-22)18-7-10-21-20(16-18)27-29-31(21)14-11-23(32)30-12-3-1-2-4-13-30/h5-10,16H,1-4,11-15H2. The van der Waals surface area contributed by atoms with Gasteiger partial charge in [-0.15, -0.1) is 5.10 Å². The molecule has 0 bridgehead atoms. The molecule has 33 heavy (non-hydrogen) atoms. The highest BCUT2D eigenvalue weighted by Crippen LogP contribution is 2.22. The van der Waals surface area contributed by atoms with Crippen LogP contribution in [-0.4, -0.2) is 49.0 Å². The fourth-order valence-corrected chi connectivity index (χ4v) is 4.30. The van der Waals surface area contributed by atoms with Gasteiger partial charge in [0.25, 0.3) is 0 Å². The van der Waals surface area contributed by atoms with Crippen LogP contribution in [0.15, 0.2) is 47.0 Å². The zero-order valence-electron chi connectivity index (χ0n) is 18.3. The Kier molecular flexibility index (Phi) is 6.35. The number of halogens is 1. The van der Waals surface area contributed by atoms with Crippen molar-refractivity contribution >= 4 is 28.5 Å². The monoisotopic (exact) mass is 464 g/mol. The van der Waals surface area contributed by atoms with E-state index in [1.54, 1.807) is 4.68 Å². The average molecular weight is 465 g/mol. The Morgan fingerprint density at radius 3 is 2.61 bits per heavy atom. The van der Waals surface area contributed by atoms with Crippen molar-refractivity contribution in [2.45, 2.75) is 45.1 Å². The summed E-state index contributed by atoms with van der Waals surface area (Å²) in [7, 11) is 0. The van der Waals surface area contributed by atoms with Gasteiger partial charge in [-0.25, -0.2) is 4.68 Å². The minimum atomic E-state index is 0.192. The van der Waals surface area contributed by atoms with Crippen molar-refractivity contribution in [3.05, 3.63) is 58.9 Å². The number of hydrogen-bond donors (Lipinski definition) is 0. The number of fused-ring (bicyclic) bond motifs is 1. The number of amides is 1. The minimum Gasteiger partial charge on any atom is -0.343 e. The lowest BCUT2D eigenvalue weighted by molar-refractivity contribution is -0.131. The second-order valence-electron chi connectivity index (χ2n) is 8.38. The Morgan fingerprint density at radius 2 is 1.82 bits per heavy atom. The highest BCUT2D eigenvalue weighted by atomic mass is 35.5. The molecular formula is C24H25ClN6O2. The molecule has 0 atom stereocenters. The third-order valence-electron chi connectivity index (χ3n) is 6.01. The van der Waals surface area contributed by atoms with E-state index in [1.165, 1.54) is 12.8 Å². The summed E-state index contributed by atoms with van der Waals surface area (Å²) in [6.45, 7) is 2.24. The van der Waals surface area contributed by atoms with E-state index < -0.39 is 0 Å². The molecule has 9 heteroatoms. The van der Waals surface area contributed by atoms with Crippen molar-refractivity contribution in [2.75, 3.05) is 13.1 Å². The summed E-state index contributed by atoms with van der Waals surface area (Å²) in [6, 6.07) is 13.3. The van der Waals surface area contributed by atoms with Crippen LogP contribution in [0.5, 0.6) is 0 Å². The van der Waals surface area contributed by atoms with E-state index in [4.69, 9.17) is 16.1 Å². The van der Waals surface area contributed by atoms with E-state index in [0.717, 1.165) is 48.1 Å². The third kappa shape index (κ3) is 5.06. The molecule has 0 N–H and O–H groups in total. The van der Waals surface area contributed by atoms with E-state index in [2.05, 4.69) is 20.5 Å². The number of benzene rings is 2. The molecule has 1 aliphatic rings. The van der Waals surface area contributed by atoms with Crippen molar-refractivity contribution in [1.82, 2.24) is 30.0 Å². The average Bonchev–Trinajstić information content (AvgIpc) is 3.36. The number of carbonyl (C=O) groups is 1. The molecule has 170 valence electrons. The molecule has 0 spiro atoms. The Bertz CT molecular complexity index is 1240. The van der Waals surface area contributed by atoms with Gasteiger partial charge in [0, 0.05) is 30.1 Å². The molecule has 2 aromatic carbocycles. The fourth-order valence-electron chi connectivity index (χ4n) is 4.18. The zero-order chi connectivity index (χ0) is 22.6. The highest BCUT2D eigenvalue weighted by molar-refractivity contribution is 6.30. The Balaban J connectivity index is 1.26. The molecule has 1 aliphatic heterocycles. The van der Waals surface area contributed by atoms with Gasteiger partial charge in [-0.2, -0.15) is 4.98 Å². The van der Waals surface area contributed by atoms with Crippen molar-refractivity contribution in [2.24, 2.45) is 0 Å². The Morgan fingerprint density at radius 1 is 1.03 bits per heavy atom. The second kappa shape index (κ2) is 9.70. The molecule has 1 saturated heterocycles. The van der Waals surface area contributed by atoms with Crippen LogP contribution < -0.4 is 0 Å². The number of aryl methyl sites for hydroxylation is 1. The molecule has 4 aromatic rings. The largest absolute Gasteiger partial charge is 0.343 e. The van der Waals surface area contributed by atoms with Crippen LogP contribution in [0.2, 0.25) is 5.02 Å². The lowest BCUT2D eigenvalue weighted by atomic mass is 10.1. The molecule has 2 aromatic heterocycles. The van der Waals surface area contributed by atoms with Gasteiger partial charge in [-0.3, -0.25) is 4.79 Å². The lowest BCUT2D eigenvalue weighted by Crippen LogP contribution is -2.32. The van der Waals surface area contributed by atoms with Gasteiger partial charge in [0.15, 0.2) is 0 Å². The lowest BCUT2D eigenvalue weighted by Gasteiger charge is -2.20. The van der Waals surface area contributed by atoms with E-state index in [9.17, 15) is 4.79 Å². The first-order valence-electron chi connectivity index (χ1n) is 11.3. The predicted molar refractivity (Wildman–Crippen MR) is 125 cm³/mol. The van der Waals surface area contributed by atoms with E-state index in [1.807, 2.05) is 47.4 Å². The molecule has 0 saturated carbocycles. The van der Waals surface area contributed by atoms with Crippen LogP contribution in [0.4, 0.5) is 0 Å². The van der Waals surface area contributed by atoms with E-state index in [0.29, 0.717) is 36.1 Å².